The fraction of sp³-hybridized carbons (Fsp3) is 0.0667. The predicted octanol–water partition coefficient (Wildman–Crippen LogP) is 3.17. The van der Waals surface area contributed by atoms with Crippen LogP contribution in [0, 0.1) is 0 Å². The molecule has 0 fully saturated rings. The third-order valence-corrected chi connectivity index (χ3v) is 4.31. The van der Waals surface area contributed by atoms with Gasteiger partial charge in [0.2, 0.25) is 0 Å². The lowest BCUT2D eigenvalue weighted by Gasteiger charge is -2.24. The van der Waals surface area contributed by atoms with Crippen molar-refractivity contribution in [2.45, 2.75) is 5.60 Å². The summed E-state index contributed by atoms with van der Waals surface area (Å²) in [6.07, 6.45) is 1.57. The minimum atomic E-state index is -1.46. The van der Waals surface area contributed by atoms with Crippen LogP contribution in [0.4, 0.5) is 0 Å². The number of benzene rings is 2. The Labute approximate surface area is 130 Å². The number of rotatable bonds is 1. The Kier molecular flexibility index (Phi) is 2.63. The molecule has 0 spiro atoms. The third kappa shape index (κ3) is 1.61. The van der Waals surface area contributed by atoms with E-state index in [2.05, 4.69) is 10.2 Å². The maximum Gasteiger partial charge on any atom is 0.179 e. The highest BCUT2D eigenvalue weighted by molar-refractivity contribution is 6.31. The van der Waals surface area contributed by atoms with Crippen molar-refractivity contribution in [2.75, 3.05) is 0 Å². The van der Waals surface area contributed by atoms with Gasteiger partial charge in [0.25, 0.3) is 0 Å². The first-order valence-electron chi connectivity index (χ1n) is 6.30. The Hall–Kier alpha value is -1.88. The van der Waals surface area contributed by atoms with E-state index in [-0.39, 0.29) is 0 Å². The molecular weight excluding hydrogens is 309 g/mol. The molecule has 0 saturated heterocycles. The molecule has 0 aliphatic carbocycles. The van der Waals surface area contributed by atoms with Crippen molar-refractivity contribution >= 4 is 23.2 Å². The van der Waals surface area contributed by atoms with Gasteiger partial charge in [-0.05, 0) is 24.3 Å². The zero-order chi connectivity index (χ0) is 14.6. The first kappa shape index (κ1) is 12.8. The molecule has 4 nitrogen and oxygen atoms in total. The van der Waals surface area contributed by atoms with E-state index >= 15 is 0 Å². The molecule has 1 aromatic heterocycles. The van der Waals surface area contributed by atoms with Gasteiger partial charge in [-0.3, -0.25) is 4.57 Å². The molecule has 3 aromatic rings. The van der Waals surface area contributed by atoms with Gasteiger partial charge in [-0.15, -0.1) is 10.2 Å². The summed E-state index contributed by atoms with van der Waals surface area (Å²) in [6.45, 7) is 0. The van der Waals surface area contributed by atoms with E-state index in [0.29, 0.717) is 27.0 Å². The highest BCUT2D eigenvalue weighted by Gasteiger charge is 2.47. The van der Waals surface area contributed by atoms with Gasteiger partial charge < -0.3 is 5.11 Å². The molecule has 0 bridgehead atoms. The molecule has 0 radical (unpaired) electrons. The van der Waals surface area contributed by atoms with Crippen LogP contribution in [0.2, 0.25) is 10.0 Å². The zero-order valence-electron chi connectivity index (χ0n) is 10.7. The second-order valence-corrected chi connectivity index (χ2v) is 5.72. The molecule has 1 aliphatic rings. The minimum Gasteiger partial charge on any atom is -0.373 e. The second-order valence-electron chi connectivity index (χ2n) is 4.88. The Morgan fingerprint density at radius 2 is 1.86 bits per heavy atom. The Morgan fingerprint density at radius 3 is 2.67 bits per heavy atom. The molecule has 104 valence electrons. The van der Waals surface area contributed by atoms with Crippen LogP contribution in [-0.2, 0) is 5.60 Å². The van der Waals surface area contributed by atoms with E-state index in [9.17, 15) is 5.11 Å². The van der Waals surface area contributed by atoms with Gasteiger partial charge in [-0.2, -0.15) is 0 Å². The number of hydrogen-bond donors (Lipinski definition) is 1. The van der Waals surface area contributed by atoms with E-state index in [4.69, 9.17) is 23.2 Å². The Balaban J connectivity index is 2.11. The van der Waals surface area contributed by atoms with Crippen LogP contribution in [-0.4, -0.2) is 19.9 Å². The fourth-order valence-electron chi connectivity index (χ4n) is 2.81. The zero-order valence-corrected chi connectivity index (χ0v) is 12.2. The van der Waals surface area contributed by atoms with Crippen LogP contribution >= 0.6 is 23.2 Å². The smallest absolute Gasteiger partial charge is 0.179 e. The van der Waals surface area contributed by atoms with Crippen molar-refractivity contribution in [3.63, 3.8) is 0 Å². The highest BCUT2D eigenvalue weighted by atomic mass is 35.5. The van der Waals surface area contributed by atoms with Gasteiger partial charge in [-0.1, -0.05) is 41.4 Å². The highest BCUT2D eigenvalue weighted by Crippen LogP contribution is 2.47. The van der Waals surface area contributed by atoms with Crippen LogP contribution in [0.15, 0.2) is 48.8 Å². The van der Waals surface area contributed by atoms with Crippen LogP contribution in [0.5, 0.6) is 0 Å². The van der Waals surface area contributed by atoms with Crippen LogP contribution < -0.4 is 0 Å². The summed E-state index contributed by atoms with van der Waals surface area (Å²) in [4.78, 5) is 0. The molecule has 1 aliphatic heterocycles. The summed E-state index contributed by atoms with van der Waals surface area (Å²) in [5.74, 6) is 0.410. The lowest BCUT2D eigenvalue weighted by Crippen LogP contribution is -2.28. The molecule has 0 saturated carbocycles. The van der Waals surface area contributed by atoms with Crippen molar-refractivity contribution in [3.05, 3.63) is 75.8 Å². The lowest BCUT2D eigenvalue weighted by atomic mass is 9.87. The van der Waals surface area contributed by atoms with Crippen molar-refractivity contribution < 1.29 is 5.11 Å². The van der Waals surface area contributed by atoms with Gasteiger partial charge in [0.05, 0.1) is 5.69 Å². The Bertz CT molecular complexity index is 862. The maximum absolute atomic E-state index is 11.4. The molecule has 21 heavy (non-hydrogen) atoms. The van der Waals surface area contributed by atoms with Crippen LogP contribution in [0.1, 0.15) is 17.0 Å². The van der Waals surface area contributed by atoms with Gasteiger partial charge >= 0.3 is 0 Å². The number of fused-ring (bicyclic) bond motifs is 3. The molecule has 4 rings (SSSR count). The van der Waals surface area contributed by atoms with E-state index in [1.165, 1.54) is 0 Å². The molecule has 1 atom stereocenters. The summed E-state index contributed by atoms with van der Waals surface area (Å²) in [7, 11) is 0. The number of aromatic nitrogens is 3. The Morgan fingerprint density at radius 1 is 1.05 bits per heavy atom. The minimum absolute atomic E-state index is 0.410. The topological polar surface area (TPSA) is 50.9 Å². The summed E-state index contributed by atoms with van der Waals surface area (Å²) in [6, 6.07) is 12.5. The summed E-state index contributed by atoms with van der Waals surface area (Å²) in [5, 5.41) is 20.4. The fourth-order valence-corrected chi connectivity index (χ4v) is 3.25. The first-order valence-corrected chi connectivity index (χ1v) is 7.06. The summed E-state index contributed by atoms with van der Waals surface area (Å²) < 4.78 is 1.75. The van der Waals surface area contributed by atoms with E-state index in [1.807, 2.05) is 18.2 Å². The van der Waals surface area contributed by atoms with Gasteiger partial charge in [-0.25, -0.2) is 0 Å². The quantitative estimate of drug-likeness (QED) is 0.750. The number of aliphatic hydroxyl groups is 1. The molecule has 2 heterocycles. The average Bonchev–Trinajstić information content (AvgIpc) is 3.03. The monoisotopic (exact) mass is 317 g/mol. The van der Waals surface area contributed by atoms with Crippen LogP contribution in [0.25, 0.3) is 5.69 Å². The molecular formula is C15H9Cl2N3O. The van der Waals surface area contributed by atoms with Crippen LogP contribution in [0.3, 0.4) is 0 Å². The van der Waals surface area contributed by atoms with Crippen molar-refractivity contribution in [3.8, 4) is 5.69 Å². The van der Waals surface area contributed by atoms with Crippen molar-refractivity contribution in [1.82, 2.24) is 14.8 Å². The molecule has 1 N–H and O–H groups in total. The molecule has 1 unspecified atom stereocenters. The molecule has 6 heteroatoms. The SMILES string of the molecule is OC1(c2ccccc2Cl)c2cc(Cl)ccc2-n2cnnc21. The molecule has 0 amide bonds. The van der Waals surface area contributed by atoms with E-state index in [1.54, 1.807) is 35.2 Å². The van der Waals surface area contributed by atoms with Gasteiger partial charge in [0, 0.05) is 21.2 Å². The summed E-state index contributed by atoms with van der Waals surface area (Å²) in [5.41, 5.74) is 0.534. The second kappa shape index (κ2) is 4.31. The van der Waals surface area contributed by atoms with Crippen molar-refractivity contribution in [1.29, 1.82) is 0 Å². The number of hydrogen-bond acceptors (Lipinski definition) is 3. The van der Waals surface area contributed by atoms with Gasteiger partial charge in [0.1, 0.15) is 6.33 Å². The standard InChI is InChI=1S/C15H9Cl2N3O/c16-9-5-6-13-11(7-9)15(21,14-19-18-8-20(13)14)10-3-1-2-4-12(10)17/h1-8,21H. The van der Waals surface area contributed by atoms with Gasteiger partial charge in [0.15, 0.2) is 11.4 Å². The summed E-state index contributed by atoms with van der Waals surface area (Å²) >= 11 is 12.4. The maximum atomic E-state index is 11.4. The number of halogens is 2. The van der Waals surface area contributed by atoms with E-state index in [0.717, 1.165) is 5.69 Å². The molecule has 2 aromatic carbocycles. The number of nitrogens with zero attached hydrogens (tertiary/aromatic N) is 3. The lowest BCUT2D eigenvalue weighted by molar-refractivity contribution is 0.122. The first-order chi connectivity index (χ1) is 10.1. The largest absolute Gasteiger partial charge is 0.373 e. The predicted molar refractivity (Wildman–Crippen MR) is 79.9 cm³/mol. The van der Waals surface area contributed by atoms with Crippen molar-refractivity contribution in [2.24, 2.45) is 0 Å². The average molecular weight is 318 g/mol. The normalized spacial score (nSPS) is 19.4. The van der Waals surface area contributed by atoms with E-state index < -0.39 is 5.60 Å². The third-order valence-electron chi connectivity index (χ3n) is 3.74.